The normalized spacial score (nSPS) is 16.1. The predicted molar refractivity (Wildman–Crippen MR) is 68.0 cm³/mol. The van der Waals surface area contributed by atoms with Gasteiger partial charge in [-0.25, -0.2) is 0 Å². The van der Waals surface area contributed by atoms with Gasteiger partial charge >= 0.3 is 0 Å². The molecule has 2 N–H and O–H groups in total. The van der Waals surface area contributed by atoms with E-state index in [1.807, 2.05) is 24.1 Å². The van der Waals surface area contributed by atoms with Gasteiger partial charge in [-0.1, -0.05) is 27.7 Å². The Kier molecular flexibility index (Phi) is 4.14. The van der Waals surface area contributed by atoms with Crippen molar-refractivity contribution in [1.82, 2.24) is 9.78 Å². The van der Waals surface area contributed by atoms with Crippen LogP contribution in [0.1, 0.15) is 52.1 Å². The minimum atomic E-state index is 0.117. The monoisotopic (exact) mass is 223 g/mol. The summed E-state index contributed by atoms with van der Waals surface area (Å²) in [5, 5.41) is 4.16. The van der Waals surface area contributed by atoms with Gasteiger partial charge in [0.25, 0.3) is 0 Å². The summed E-state index contributed by atoms with van der Waals surface area (Å²) in [6, 6.07) is 0.117. The molecule has 0 saturated carbocycles. The predicted octanol–water partition coefficient (Wildman–Crippen LogP) is 2.88. The Morgan fingerprint density at radius 2 is 2.06 bits per heavy atom. The summed E-state index contributed by atoms with van der Waals surface area (Å²) < 4.78 is 1.81. The maximum absolute atomic E-state index is 6.17. The van der Waals surface area contributed by atoms with Crippen molar-refractivity contribution in [2.75, 3.05) is 0 Å². The molecule has 1 heterocycles. The van der Waals surface area contributed by atoms with Crippen molar-refractivity contribution in [3.8, 4) is 0 Å². The van der Waals surface area contributed by atoms with Gasteiger partial charge in [-0.05, 0) is 24.2 Å². The number of nitrogens with zero attached hydrogens (tertiary/aromatic N) is 2. The first kappa shape index (κ1) is 13.2. The molecule has 3 heteroatoms. The molecule has 92 valence electrons. The number of aryl methyl sites for hydroxylation is 1. The Bertz CT molecular complexity index is 322. The molecule has 0 aliphatic heterocycles. The van der Waals surface area contributed by atoms with Gasteiger partial charge in [0.1, 0.15) is 0 Å². The Hall–Kier alpha value is -0.830. The highest BCUT2D eigenvalue weighted by molar-refractivity contribution is 5.09. The lowest BCUT2D eigenvalue weighted by atomic mass is 9.82. The van der Waals surface area contributed by atoms with Crippen molar-refractivity contribution in [2.45, 2.75) is 46.6 Å². The standard InChI is InChI=1S/C13H25N3/c1-10(7-13(2,3)4)6-12(14)11-8-15-16(5)9-11/h8-10,12H,6-7,14H2,1-5H3. The van der Waals surface area contributed by atoms with Crippen molar-refractivity contribution in [3.05, 3.63) is 18.0 Å². The fourth-order valence-electron chi connectivity index (χ4n) is 2.33. The largest absolute Gasteiger partial charge is 0.324 e. The summed E-state index contributed by atoms with van der Waals surface area (Å²) in [4.78, 5) is 0. The van der Waals surface area contributed by atoms with Gasteiger partial charge in [0.05, 0.1) is 6.20 Å². The van der Waals surface area contributed by atoms with E-state index in [-0.39, 0.29) is 6.04 Å². The van der Waals surface area contributed by atoms with Crippen LogP contribution in [0, 0.1) is 11.3 Å². The van der Waals surface area contributed by atoms with Crippen LogP contribution in [-0.4, -0.2) is 9.78 Å². The van der Waals surface area contributed by atoms with Crippen LogP contribution in [0.3, 0.4) is 0 Å². The van der Waals surface area contributed by atoms with E-state index in [1.54, 1.807) is 0 Å². The van der Waals surface area contributed by atoms with Crippen molar-refractivity contribution in [1.29, 1.82) is 0 Å². The molecule has 0 fully saturated rings. The maximum atomic E-state index is 6.17. The van der Waals surface area contributed by atoms with E-state index in [4.69, 9.17) is 5.73 Å². The first-order valence-corrected chi connectivity index (χ1v) is 6.02. The molecule has 1 rings (SSSR count). The van der Waals surface area contributed by atoms with Crippen LogP contribution in [0.15, 0.2) is 12.4 Å². The van der Waals surface area contributed by atoms with Crippen LogP contribution < -0.4 is 5.73 Å². The molecule has 0 aromatic carbocycles. The molecule has 1 aromatic heterocycles. The SMILES string of the molecule is CC(CC(N)c1cnn(C)c1)CC(C)(C)C. The van der Waals surface area contributed by atoms with Gasteiger partial charge < -0.3 is 5.73 Å². The minimum Gasteiger partial charge on any atom is -0.324 e. The highest BCUT2D eigenvalue weighted by atomic mass is 15.2. The van der Waals surface area contributed by atoms with Crippen LogP contribution >= 0.6 is 0 Å². The third-order valence-corrected chi connectivity index (χ3v) is 2.77. The van der Waals surface area contributed by atoms with Crippen molar-refractivity contribution >= 4 is 0 Å². The van der Waals surface area contributed by atoms with Crippen molar-refractivity contribution in [2.24, 2.45) is 24.1 Å². The molecule has 0 saturated heterocycles. The van der Waals surface area contributed by atoms with Crippen molar-refractivity contribution in [3.63, 3.8) is 0 Å². The topological polar surface area (TPSA) is 43.8 Å². The van der Waals surface area contributed by atoms with Gasteiger partial charge in [-0.3, -0.25) is 4.68 Å². The summed E-state index contributed by atoms with van der Waals surface area (Å²) in [6.07, 6.45) is 6.12. The van der Waals surface area contributed by atoms with Crippen LogP contribution in [0.2, 0.25) is 0 Å². The fourth-order valence-corrected chi connectivity index (χ4v) is 2.33. The zero-order valence-electron chi connectivity index (χ0n) is 11.2. The average molecular weight is 223 g/mol. The van der Waals surface area contributed by atoms with E-state index >= 15 is 0 Å². The summed E-state index contributed by atoms with van der Waals surface area (Å²) in [6.45, 7) is 9.11. The Labute approximate surface area is 99.0 Å². The van der Waals surface area contributed by atoms with Gasteiger partial charge in [-0.2, -0.15) is 5.10 Å². The highest BCUT2D eigenvalue weighted by Crippen LogP contribution is 2.29. The van der Waals surface area contributed by atoms with E-state index in [9.17, 15) is 0 Å². The molecular weight excluding hydrogens is 198 g/mol. The minimum absolute atomic E-state index is 0.117. The quantitative estimate of drug-likeness (QED) is 0.853. The van der Waals surface area contributed by atoms with Crippen LogP contribution in [0.4, 0.5) is 0 Å². The first-order valence-electron chi connectivity index (χ1n) is 6.02. The molecule has 0 bridgehead atoms. The fraction of sp³-hybridized carbons (Fsp3) is 0.769. The number of aromatic nitrogens is 2. The number of nitrogens with two attached hydrogens (primary N) is 1. The van der Waals surface area contributed by atoms with Crippen LogP contribution in [0.25, 0.3) is 0 Å². The lowest BCUT2D eigenvalue weighted by Crippen LogP contribution is -2.17. The van der Waals surface area contributed by atoms with Crippen LogP contribution in [0.5, 0.6) is 0 Å². The molecular formula is C13H25N3. The molecule has 0 radical (unpaired) electrons. The summed E-state index contributed by atoms with van der Waals surface area (Å²) >= 11 is 0. The third kappa shape index (κ3) is 4.35. The molecule has 0 spiro atoms. The lowest BCUT2D eigenvalue weighted by molar-refractivity contribution is 0.286. The molecule has 0 amide bonds. The average Bonchev–Trinajstić information content (AvgIpc) is 2.47. The van der Waals surface area contributed by atoms with Crippen LogP contribution in [-0.2, 0) is 7.05 Å². The van der Waals surface area contributed by atoms with Crippen molar-refractivity contribution < 1.29 is 0 Å². The Morgan fingerprint density at radius 1 is 1.44 bits per heavy atom. The van der Waals surface area contributed by atoms with Gasteiger partial charge in [0.15, 0.2) is 0 Å². The van der Waals surface area contributed by atoms with E-state index in [0.717, 1.165) is 12.0 Å². The van der Waals surface area contributed by atoms with E-state index in [2.05, 4.69) is 32.8 Å². The van der Waals surface area contributed by atoms with E-state index in [0.29, 0.717) is 11.3 Å². The Balaban J connectivity index is 2.48. The molecule has 0 aliphatic carbocycles. The van der Waals surface area contributed by atoms with Gasteiger partial charge in [0.2, 0.25) is 0 Å². The molecule has 3 nitrogen and oxygen atoms in total. The first-order chi connectivity index (χ1) is 7.28. The highest BCUT2D eigenvalue weighted by Gasteiger charge is 2.18. The third-order valence-electron chi connectivity index (χ3n) is 2.77. The lowest BCUT2D eigenvalue weighted by Gasteiger charge is -2.24. The van der Waals surface area contributed by atoms with E-state index < -0.39 is 0 Å². The summed E-state index contributed by atoms with van der Waals surface area (Å²) in [7, 11) is 1.93. The number of hydrogen-bond acceptors (Lipinski definition) is 2. The second-order valence-corrected chi connectivity index (χ2v) is 6.16. The molecule has 1 aromatic rings. The molecule has 0 aliphatic rings. The molecule has 16 heavy (non-hydrogen) atoms. The smallest absolute Gasteiger partial charge is 0.0537 e. The second-order valence-electron chi connectivity index (χ2n) is 6.16. The zero-order valence-corrected chi connectivity index (χ0v) is 11.2. The molecule has 2 unspecified atom stereocenters. The van der Waals surface area contributed by atoms with Gasteiger partial charge in [0, 0.05) is 24.8 Å². The molecule has 2 atom stereocenters. The second kappa shape index (κ2) is 5.00. The maximum Gasteiger partial charge on any atom is 0.0537 e. The Morgan fingerprint density at radius 3 is 2.50 bits per heavy atom. The number of rotatable bonds is 4. The summed E-state index contributed by atoms with van der Waals surface area (Å²) in [5.74, 6) is 0.648. The summed E-state index contributed by atoms with van der Waals surface area (Å²) in [5.41, 5.74) is 7.70. The van der Waals surface area contributed by atoms with Gasteiger partial charge in [-0.15, -0.1) is 0 Å². The number of hydrogen-bond donors (Lipinski definition) is 1. The zero-order chi connectivity index (χ0) is 12.3. The van der Waals surface area contributed by atoms with E-state index in [1.165, 1.54) is 6.42 Å².